The number of unbranched alkanes of at least 4 members (excludes halogenated alkanes) is 13. The first-order chi connectivity index (χ1) is 13.8. The average Bonchev–Trinajstić information content (AvgIpc) is 3.15. The Morgan fingerprint density at radius 2 is 1.21 bits per heavy atom. The zero-order chi connectivity index (χ0) is 19.9. The molecule has 1 aliphatic rings. The highest BCUT2D eigenvalue weighted by Gasteiger charge is 2.12. The number of Topliss-reactive ketones (excluding diaryl/α,β-unsaturated/α-hetero) is 1. The summed E-state index contributed by atoms with van der Waals surface area (Å²) in [6.07, 6.45) is 20.6. The van der Waals surface area contributed by atoms with Crippen LogP contribution in [0.2, 0.25) is 0 Å². The number of carbonyl (C=O) groups is 1. The van der Waals surface area contributed by atoms with Gasteiger partial charge in [0.2, 0.25) is 6.79 Å². The maximum atomic E-state index is 10.9. The van der Waals surface area contributed by atoms with Crippen LogP contribution in [0.5, 0.6) is 11.5 Å². The summed E-state index contributed by atoms with van der Waals surface area (Å²) in [5.41, 5.74) is 1.36. The molecule has 2 rings (SSSR count). The summed E-state index contributed by atoms with van der Waals surface area (Å²) in [6.45, 7) is 2.06. The normalized spacial score (nSPS) is 12.5. The van der Waals surface area contributed by atoms with E-state index in [9.17, 15) is 4.79 Å². The summed E-state index contributed by atoms with van der Waals surface area (Å²) in [5, 5.41) is 0. The van der Waals surface area contributed by atoms with Gasteiger partial charge in [-0.2, -0.15) is 0 Å². The number of ketones is 1. The first-order valence-electron chi connectivity index (χ1n) is 11.6. The lowest BCUT2D eigenvalue weighted by atomic mass is 10.0. The van der Waals surface area contributed by atoms with Crippen molar-refractivity contribution < 1.29 is 14.3 Å². The maximum absolute atomic E-state index is 10.9. The van der Waals surface area contributed by atoms with Crippen molar-refractivity contribution in [2.75, 3.05) is 6.79 Å². The second-order valence-corrected chi connectivity index (χ2v) is 8.34. The fraction of sp³-hybridized carbons (Fsp3) is 0.720. The van der Waals surface area contributed by atoms with Crippen molar-refractivity contribution in [1.82, 2.24) is 0 Å². The molecule has 1 aliphatic heterocycles. The van der Waals surface area contributed by atoms with Crippen molar-refractivity contribution in [2.24, 2.45) is 0 Å². The highest BCUT2D eigenvalue weighted by molar-refractivity contribution is 5.75. The molecule has 0 aromatic heterocycles. The molecule has 0 aliphatic carbocycles. The van der Waals surface area contributed by atoms with Gasteiger partial charge in [0.15, 0.2) is 11.5 Å². The number of rotatable bonds is 17. The monoisotopic (exact) mass is 388 g/mol. The molecule has 1 heterocycles. The largest absolute Gasteiger partial charge is 0.454 e. The third kappa shape index (κ3) is 10.1. The minimum Gasteiger partial charge on any atom is -0.454 e. The number of hydrogen-bond acceptors (Lipinski definition) is 3. The fourth-order valence-electron chi connectivity index (χ4n) is 3.92. The Balaban J connectivity index is 1.30. The van der Waals surface area contributed by atoms with Gasteiger partial charge in [-0.15, -0.1) is 0 Å². The molecule has 1 aromatic carbocycles. The summed E-state index contributed by atoms with van der Waals surface area (Å²) in [6, 6.07) is 6.33. The van der Waals surface area contributed by atoms with E-state index in [1.54, 1.807) is 6.92 Å². The van der Waals surface area contributed by atoms with Crippen molar-refractivity contribution in [3.63, 3.8) is 0 Å². The molecule has 28 heavy (non-hydrogen) atoms. The van der Waals surface area contributed by atoms with E-state index in [2.05, 4.69) is 12.1 Å². The summed E-state index contributed by atoms with van der Waals surface area (Å²) < 4.78 is 10.8. The van der Waals surface area contributed by atoms with Crippen molar-refractivity contribution in [2.45, 2.75) is 110 Å². The van der Waals surface area contributed by atoms with Gasteiger partial charge in [0.25, 0.3) is 0 Å². The first kappa shape index (κ1) is 22.8. The van der Waals surface area contributed by atoms with Gasteiger partial charge in [-0.1, -0.05) is 83.1 Å². The number of benzene rings is 1. The predicted molar refractivity (Wildman–Crippen MR) is 116 cm³/mol. The van der Waals surface area contributed by atoms with Gasteiger partial charge < -0.3 is 14.3 Å². The highest BCUT2D eigenvalue weighted by atomic mass is 16.7. The molecule has 0 fully saturated rings. The molecule has 0 saturated heterocycles. The van der Waals surface area contributed by atoms with Crippen LogP contribution in [0.25, 0.3) is 0 Å². The van der Waals surface area contributed by atoms with Crippen LogP contribution < -0.4 is 9.47 Å². The van der Waals surface area contributed by atoms with Crippen LogP contribution in [0.15, 0.2) is 18.2 Å². The van der Waals surface area contributed by atoms with Crippen LogP contribution in [-0.2, 0) is 11.2 Å². The van der Waals surface area contributed by atoms with E-state index in [4.69, 9.17) is 9.47 Å². The van der Waals surface area contributed by atoms with E-state index in [1.165, 1.54) is 89.0 Å². The number of aryl methyl sites for hydroxylation is 1. The molecule has 0 bridgehead atoms. The van der Waals surface area contributed by atoms with Crippen LogP contribution in [0.4, 0.5) is 0 Å². The second-order valence-electron chi connectivity index (χ2n) is 8.34. The molecule has 0 atom stereocenters. The smallest absolute Gasteiger partial charge is 0.231 e. The fourth-order valence-corrected chi connectivity index (χ4v) is 3.92. The lowest BCUT2D eigenvalue weighted by Gasteiger charge is -2.04. The van der Waals surface area contributed by atoms with Gasteiger partial charge >= 0.3 is 0 Å². The predicted octanol–water partition coefficient (Wildman–Crippen LogP) is 7.40. The number of ether oxygens (including phenoxy) is 2. The Morgan fingerprint density at radius 1 is 0.714 bits per heavy atom. The van der Waals surface area contributed by atoms with E-state index in [0.29, 0.717) is 12.6 Å². The number of carbonyl (C=O) groups excluding carboxylic acids is 1. The van der Waals surface area contributed by atoms with Crippen molar-refractivity contribution >= 4 is 5.78 Å². The third-order valence-electron chi connectivity index (χ3n) is 5.68. The van der Waals surface area contributed by atoms with E-state index in [0.717, 1.165) is 30.8 Å². The summed E-state index contributed by atoms with van der Waals surface area (Å²) in [5.74, 6) is 2.13. The molecule has 0 amide bonds. The van der Waals surface area contributed by atoms with Crippen LogP contribution in [0.1, 0.15) is 109 Å². The topological polar surface area (TPSA) is 35.5 Å². The third-order valence-corrected chi connectivity index (χ3v) is 5.68. The average molecular weight is 389 g/mol. The second kappa shape index (κ2) is 14.5. The van der Waals surface area contributed by atoms with Crippen molar-refractivity contribution in [1.29, 1.82) is 0 Å². The standard InChI is InChI=1S/C25H40O3/c1-22(26)16-14-12-10-8-6-4-2-3-5-7-9-11-13-15-17-23-18-19-24-25(20-23)28-21-27-24/h18-20H,2-17,21H2,1H3. The van der Waals surface area contributed by atoms with Gasteiger partial charge in [-0.25, -0.2) is 0 Å². The van der Waals surface area contributed by atoms with Crippen LogP contribution >= 0.6 is 0 Å². The molecule has 158 valence electrons. The van der Waals surface area contributed by atoms with Gasteiger partial charge in [-0.05, 0) is 43.9 Å². The van der Waals surface area contributed by atoms with Gasteiger partial charge in [0.1, 0.15) is 5.78 Å². The molecule has 1 aromatic rings. The molecule has 0 spiro atoms. The SMILES string of the molecule is CC(=O)CCCCCCCCCCCCCCCCc1ccc2c(c1)OCO2. The molecular weight excluding hydrogens is 348 g/mol. The van der Waals surface area contributed by atoms with Crippen molar-refractivity contribution in [3.05, 3.63) is 23.8 Å². The lowest BCUT2D eigenvalue weighted by Crippen LogP contribution is -1.93. The lowest BCUT2D eigenvalue weighted by molar-refractivity contribution is -0.117. The quantitative estimate of drug-likeness (QED) is 0.261. The van der Waals surface area contributed by atoms with E-state index in [-0.39, 0.29) is 0 Å². The molecule has 3 nitrogen and oxygen atoms in total. The molecule has 0 unspecified atom stereocenters. The summed E-state index contributed by atoms with van der Waals surface area (Å²) in [7, 11) is 0. The van der Waals surface area contributed by atoms with Crippen LogP contribution in [0.3, 0.4) is 0 Å². The molecule has 0 saturated carbocycles. The molecule has 0 radical (unpaired) electrons. The van der Waals surface area contributed by atoms with Gasteiger partial charge in [-0.3, -0.25) is 0 Å². The van der Waals surface area contributed by atoms with E-state index in [1.807, 2.05) is 6.07 Å². The maximum Gasteiger partial charge on any atom is 0.231 e. The molecule has 0 N–H and O–H groups in total. The van der Waals surface area contributed by atoms with Crippen LogP contribution in [0, 0.1) is 0 Å². The minimum absolute atomic E-state index is 0.338. The summed E-state index contributed by atoms with van der Waals surface area (Å²) in [4.78, 5) is 10.9. The number of fused-ring (bicyclic) bond motifs is 1. The molecular formula is C25H40O3. The zero-order valence-electron chi connectivity index (χ0n) is 18.0. The van der Waals surface area contributed by atoms with E-state index >= 15 is 0 Å². The van der Waals surface area contributed by atoms with E-state index < -0.39 is 0 Å². The number of hydrogen-bond donors (Lipinski definition) is 0. The Bertz CT molecular complexity index is 553. The van der Waals surface area contributed by atoms with Gasteiger partial charge in [0, 0.05) is 6.42 Å². The Labute approximate surface area is 172 Å². The highest BCUT2D eigenvalue weighted by Crippen LogP contribution is 2.32. The van der Waals surface area contributed by atoms with Crippen molar-refractivity contribution in [3.8, 4) is 11.5 Å². The Hall–Kier alpha value is -1.51. The summed E-state index contributed by atoms with van der Waals surface area (Å²) >= 11 is 0. The Kier molecular flexibility index (Phi) is 11.8. The minimum atomic E-state index is 0.338. The zero-order valence-corrected chi connectivity index (χ0v) is 18.0. The Morgan fingerprint density at radius 3 is 1.79 bits per heavy atom. The first-order valence-corrected chi connectivity index (χ1v) is 11.6. The van der Waals surface area contributed by atoms with Gasteiger partial charge in [0.05, 0.1) is 0 Å². The molecule has 3 heteroatoms. The van der Waals surface area contributed by atoms with Crippen LogP contribution in [-0.4, -0.2) is 12.6 Å².